The number of hydrogen-bond donors (Lipinski definition) is 1. The first kappa shape index (κ1) is 12.8. The van der Waals surface area contributed by atoms with Crippen molar-refractivity contribution in [3.8, 4) is 5.69 Å². The monoisotopic (exact) mass is 289 g/mol. The molecule has 2 heterocycles. The third-order valence-corrected chi connectivity index (χ3v) is 4.00. The number of benzene rings is 2. The molecule has 2 aromatic heterocycles. The van der Waals surface area contributed by atoms with E-state index < -0.39 is 0 Å². The fourth-order valence-electron chi connectivity index (χ4n) is 3.03. The van der Waals surface area contributed by atoms with Crippen LogP contribution in [0.3, 0.4) is 0 Å². The number of nitrogens with one attached hydrogen (secondary N) is 1. The van der Waals surface area contributed by atoms with Gasteiger partial charge in [0.05, 0.1) is 16.6 Å². The molecule has 4 heteroatoms. The topological polar surface area (TPSA) is 50.7 Å². The van der Waals surface area contributed by atoms with E-state index in [-0.39, 0.29) is 5.56 Å². The van der Waals surface area contributed by atoms with Gasteiger partial charge in [0.25, 0.3) is 0 Å². The van der Waals surface area contributed by atoms with Gasteiger partial charge in [0.15, 0.2) is 0 Å². The van der Waals surface area contributed by atoms with E-state index in [1.54, 1.807) is 6.07 Å². The molecule has 0 bridgehead atoms. The Balaban J connectivity index is 2.07. The van der Waals surface area contributed by atoms with E-state index in [1.165, 1.54) is 0 Å². The molecule has 0 saturated heterocycles. The van der Waals surface area contributed by atoms with Crippen LogP contribution in [-0.4, -0.2) is 14.5 Å². The quantitative estimate of drug-likeness (QED) is 0.583. The number of aryl methyl sites for hydroxylation is 2. The van der Waals surface area contributed by atoms with Crippen LogP contribution in [-0.2, 0) is 0 Å². The summed E-state index contributed by atoms with van der Waals surface area (Å²) in [6.07, 6.45) is 0. The van der Waals surface area contributed by atoms with Gasteiger partial charge in [0.1, 0.15) is 5.82 Å². The first-order valence-corrected chi connectivity index (χ1v) is 7.21. The molecular formula is C18H15N3O. The molecule has 22 heavy (non-hydrogen) atoms. The normalized spacial score (nSPS) is 11.4. The van der Waals surface area contributed by atoms with E-state index >= 15 is 0 Å². The SMILES string of the molecule is Cc1cc(-n2c(C)nc3ccccc32)cc2ccc(=O)[nH]c12. The van der Waals surface area contributed by atoms with Crippen LogP contribution in [0.4, 0.5) is 0 Å². The van der Waals surface area contributed by atoms with Crippen LogP contribution < -0.4 is 5.56 Å². The van der Waals surface area contributed by atoms with Crippen molar-refractivity contribution in [1.29, 1.82) is 0 Å². The molecule has 0 aliphatic rings. The second-order valence-electron chi connectivity index (χ2n) is 5.53. The summed E-state index contributed by atoms with van der Waals surface area (Å²) in [7, 11) is 0. The van der Waals surface area contributed by atoms with Gasteiger partial charge in [-0.25, -0.2) is 4.98 Å². The maximum atomic E-state index is 11.5. The highest BCUT2D eigenvalue weighted by molar-refractivity contribution is 5.85. The average molecular weight is 289 g/mol. The van der Waals surface area contributed by atoms with Gasteiger partial charge in [-0.05, 0) is 49.7 Å². The van der Waals surface area contributed by atoms with Crippen molar-refractivity contribution < 1.29 is 0 Å². The van der Waals surface area contributed by atoms with E-state index in [9.17, 15) is 4.79 Å². The van der Waals surface area contributed by atoms with Crippen LogP contribution in [0.25, 0.3) is 27.6 Å². The Hall–Kier alpha value is -2.88. The van der Waals surface area contributed by atoms with Crippen molar-refractivity contribution in [3.63, 3.8) is 0 Å². The molecule has 0 saturated carbocycles. The summed E-state index contributed by atoms with van der Waals surface area (Å²) >= 11 is 0. The standard InChI is InChI=1S/C18H15N3O/c1-11-9-14(10-13-7-8-17(22)20-18(11)13)21-12(2)19-15-5-3-4-6-16(15)21/h3-10H,1-2H3,(H,20,22). The van der Waals surface area contributed by atoms with Crippen LogP contribution in [0.1, 0.15) is 11.4 Å². The third kappa shape index (κ3) is 1.84. The van der Waals surface area contributed by atoms with Crippen molar-refractivity contribution in [2.75, 3.05) is 0 Å². The largest absolute Gasteiger partial charge is 0.322 e. The number of rotatable bonds is 1. The number of fused-ring (bicyclic) bond motifs is 2. The van der Waals surface area contributed by atoms with Gasteiger partial charge >= 0.3 is 0 Å². The number of imidazole rings is 1. The predicted octanol–water partition coefficient (Wildman–Crippen LogP) is 3.48. The maximum Gasteiger partial charge on any atom is 0.248 e. The second kappa shape index (κ2) is 4.56. The lowest BCUT2D eigenvalue weighted by Gasteiger charge is -2.10. The fourth-order valence-corrected chi connectivity index (χ4v) is 3.03. The molecule has 0 spiro atoms. The fraction of sp³-hybridized carbons (Fsp3) is 0.111. The van der Waals surface area contributed by atoms with Crippen LogP contribution in [0, 0.1) is 13.8 Å². The Bertz CT molecular complexity index is 1070. The van der Waals surface area contributed by atoms with Crippen molar-refractivity contribution in [3.05, 3.63) is 70.3 Å². The van der Waals surface area contributed by atoms with E-state index in [1.807, 2.05) is 38.1 Å². The Labute approximate surface area is 127 Å². The molecule has 4 aromatic rings. The Morgan fingerprint density at radius 1 is 1.05 bits per heavy atom. The molecule has 4 rings (SSSR count). The number of H-pyrrole nitrogens is 1. The third-order valence-electron chi connectivity index (χ3n) is 4.00. The lowest BCUT2D eigenvalue weighted by molar-refractivity contribution is 1.00. The molecule has 0 aliphatic carbocycles. The molecule has 2 aromatic carbocycles. The minimum Gasteiger partial charge on any atom is -0.322 e. The summed E-state index contributed by atoms with van der Waals surface area (Å²) < 4.78 is 2.15. The van der Waals surface area contributed by atoms with Crippen molar-refractivity contribution >= 4 is 21.9 Å². The van der Waals surface area contributed by atoms with Crippen LogP contribution in [0.2, 0.25) is 0 Å². The zero-order chi connectivity index (χ0) is 15.3. The summed E-state index contributed by atoms with van der Waals surface area (Å²) in [5.41, 5.74) is 4.99. The zero-order valence-electron chi connectivity index (χ0n) is 12.4. The highest BCUT2D eigenvalue weighted by atomic mass is 16.1. The molecular weight excluding hydrogens is 274 g/mol. The Morgan fingerprint density at radius 2 is 1.86 bits per heavy atom. The number of nitrogens with zero attached hydrogens (tertiary/aromatic N) is 2. The number of aromatic nitrogens is 3. The van der Waals surface area contributed by atoms with Crippen molar-refractivity contribution in [2.45, 2.75) is 13.8 Å². The summed E-state index contributed by atoms with van der Waals surface area (Å²) in [5.74, 6) is 0.948. The number of aromatic amines is 1. The first-order valence-electron chi connectivity index (χ1n) is 7.21. The second-order valence-corrected chi connectivity index (χ2v) is 5.53. The molecule has 0 unspecified atom stereocenters. The summed E-state index contributed by atoms with van der Waals surface area (Å²) in [5, 5.41) is 1.02. The Kier molecular flexibility index (Phi) is 2.66. The minimum absolute atomic E-state index is 0.0763. The van der Waals surface area contributed by atoms with Crippen LogP contribution in [0.5, 0.6) is 0 Å². The number of pyridine rings is 1. The van der Waals surface area contributed by atoms with Gasteiger partial charge in [-0.2, -0.15) is 0 Å². The lowest BCUT2D eigenvalue weighted by Crippen LogP contribution is -2.04. The van der Waals surface area contributed by atoms with Crippen molar-refractivity contribution in [2.24, 2.45) is 0 Å². The van der Waals surface area contributed by atoms with Crippen molar-refractivity contribution in [1.82, 2.24) is 14.5 Å². The van der Waals surface area contributed by atoms with Gasteiger partial charge in [-0.15, -0.1) is 0 Å². The maximum absolute atomic E-state index is 11.5. The predicted molar refractivity (Wildman–Crippen MR) is 88.7 cm³/mol. The summed E-state index contributed by atoms with van der Waals surface area (Å²) in [6, 6.07) is 15.7. The highest BCUT2D eigenvalue weighted by Gasteiger charge is 2.10. The number of hydrogen-bond acceptors (Lipinski definition) is 2. The lowest BCUT2D eigenvalue weighted by atomic mass is 10.1. The van der Waals surface area contributed by atoms with Gasteiger partial charge in [0.2, 0.25) is 5.56 Å². The van der Waals surface area contributed by atoms with Gasteiger partial charge in [-0.1, -0.05) is 12.1 Å². The molecule has 0 amide bonds. The molecule has 1 N–H and O–H groups in total. The Morgan fingerprint density at radius 3 is 2.73 bits per heavy atom. The molecule has 0 fully saturated rings. The minimum atomic E-state index is -0.0763. The molecule has 0 atom stereocenters. The average Bonchev–Trinajstić information content (AvgIpc) is 2.83. The van der Waals surface area contributed by atoms with Gasteiger partial charge in [-0.3, -0.25) is 9.36 Å². The van der Waals surface area contributed by atoms with E-state index in [0.717, 1.165) is 39.0 Å². The summed E-state index contributed by atoms with van der Waals surface area (Å²) in [4.78, 5) is 19.0. The molecule has 0 aliphatic heterocycles. The van der Waals surface area contributed by atoms with E-state index in [4.69, 9.17) is 0 Å². The van der Waals surface area contributed by atoms with Gasteiger partial charge in [0, 0.05) is 17.1 Å². The van der Waals surface area contributed by atoms with E-state index in [2.05, 4.69) is 32.7 Å². The number of para-hydroxylation sites is 2. The summed E-state index contributed by atoms with van der Waals surface area (Å²) in [6.45, 7) is 4.02. The molecule has 4 nitrogen and oxygen atoms in total. The first-order chi connectivity index (χ1) is 10.6. The molecule has 0 radical (unpaired) electrons. The highest BCUT2D eigenvalue weighted by Crippen LogP contribution is 2.25. The van der Waals surface area contributed by atoms with Crippen LogP contribution in [0.15, 0.2) is 53.3 Å². The van der Waals surface area contributed by atoms with Crippen LogP contribution >= 0.6 is 0 Å². The molecule has 108 valence electrons. The van der Waals surface area contributed by atoms with Gasteiger partial charge < -0.3 is 4.98 Å². The zero-order valence-corrected chi connectivity index (χ0v) is 12.4. The smallest absolute Gasteiger partial charge is 0.248 e. The van der Waals surface area contributed by atoms with E-state index in [0.29, 0.717) is 0 Å².